The minimum atomic E-state index is -3.67. The number of carbonyl (C=O) groups is 1. The third-order valence-electron chi connectivity index (χ3n) is 3.05. The summed E-state index contributed by atoms with van der Waals surface area (Å²) in [4.78, 5) is 11.3. The molecule has 8 heteroatoms. The number of amides is 1. The molecule has 7 nitrogen and oxygen atoms in total. The maximum atomic E-state index is 12.2. The number of aromatic nitrogens is 2. The van der Waals surface area contributed by atoms with Gasteiger partial charge in [-0.25, -0.2) is 8.42 Å². The zero-order chi connectivity index (χ0) is 16.7. The minimum absolute atomic E-state index is 0.0519. The van der Waals surface area contributed by atoms with Crippen LogP contribution in [0.1, 0.15) is 31.2 Å². The van der Waals surface area contributed by atoms with Gasteiger partial charge in [-0.15, -0.1) is 5.10 Å². The lowest BCUT2D eigenvalue weighted by atomic mass is 10.2. The Hall–Kier alpha value is -2.22. The van der Waals surface area contributed by atoms with Crippen LogP contribution in [0.4, 0.5) is 0 Å². The highest BCUT2D eigenvalue weighted by Crippen LogP contribution is 2.15. The van der Waals surface area contributed by atoms with E-state index in [1.807, 2.05) is 13.0 Å². The van der Waals surface area contributed by atoms with Crippen LogP contribution in [0.25, 0.3) is 0 Å². The average Bonchev–Trinajstić information content (AvgIpc) is 2.98. The van der Waals surface area contributed by atoms with Crippen molar-refractivity contribution in [2.24, 2.45) is 0 Å². The van der Waals surface area contributed by atoms with Crippen molar-refractivity contribution in [3.05, 3.63) is 41.8 Å². The van der Waals surface area contributed by atoms with Crippen molar-refractivity contribution in [1.29, 1.82) is 0 Å². The van der Waals surface area contributed by atoms with Gasteiger partial charge in [0.15, 0.2) is 0 Å². The Kier molecular flexibility index (Phi) is 5.86. The zero-order valence-electron chi connectivity index (χ0n) is 12.9. The topological polar surface area (TPSA) is 102 Å². The van der Waals surface area contributed by atoms with E-state index in [0.717, 1.165) is 6.42 Å². The predicted molar refractivity (Wildman–Crippen MR) is 83.3 cm³/mol. The van der Waals surface area contributed by atoms with Crippen LogP contribution in [0.15, 0.2) is 40.0 Å². The van der Waals surface area contributed by atoms with Crippen LogP contribution in [0.3, 0.4) is 0 Å². The summed E-state index contributed by atoms with van der Waals surface area (Å²) in [6, 6.07) is 8.79. The first-order valence-electron chi connectivity index (χ1n) is 7.37. The van der Waals surface area contributed by atoms with E-state index >= 15 is 0 Å². The van der Waals surface area contributed by atoms with E-state index in [0.29, 0.717) is 24.9 Å². The minimum Gasteiger partial charge on any atom is -0.412 e. The molecule has 1 amide bonds. The molecule has 0 bridgehead atoms. The average molecular weight is 337 g/mol. The van der Waals surface area contributed by atoms with Crippen LogP contribution >= 0.6 is 0 Å². The standard InChI is InChI=1S/C15H19N3O4S/c1-2-6-13(19)16-10-9-14-17-18-15(22-14)23(20,21)11-12-7-4-3-5-8-12/h3-5,7-8H,2,6,9-11H2,1H3,(H,16,19). The summed E-state index contributed by atoms with van der Waals surface area (Å²) in [5.74, 6) is -0.0553. The van der Waals surface area contributed by atoms with Crippen LogP contribution in [-0.4, -0.2) is 31.1 Å². The van der Waals surface area contributed by atoms with Crippen LogP contribution in [0, 0.1) is 0 Å². The summed E-state index contributed by atoms with van der Waals surface area (Å²) in [6.07, 6.45) is 1.53. The second-order valence-corrected chi connectivity index (χ2v) is 6.92. The van der Waals surface area contributed by atoms with Crippen molar-refractivity contribution < 1.29 is 17.6 Å². The molecule has 1 N–H and O–H groups in total. The van der Waals surface area contributed by atoms with Gasteiger partial charge in [0.1, 0.15) is 0 Å². The van der Waals surface area contributed by atoms with Crippen molar-refractivity contribution in [1.82, 2.24) is 15.5 Å². The van der Waals surface area contributed by atoms with Crippen molar-refractivity contribution >= 4 is 15.7 Å². The van der Waals surface area contributed by atoms with Crippen LogP contribution in [-0.2, 0) is 26.8 Å². The Balaban J connectivity index is 1.94. The number of nitrogens with zero attached hydrogens (tertiary/aromatic N) is 2. The number of hydrogen-bond acceptors (Lipinski definition) is 6. The summed E-state index contributed by atoms with van der Waals surface area (Å²) in [7, 11) is -3.67. The zero-order valence-corrected chi connectivity index (χ0v) is 13.7. The van der Waals surface area contributed by atoms with Gasteiger partial charge < -0.3 is 9.73 Å². The second kappa shape index (κ2) is 7.87. The molecule has 0 saturated heterocycles. The largest absolute Gasteiger partial charge is 0.412 e. The molecule has 0 aliphatic rings. The summed E-state index contributed by atoms with van der Waals surface area (Å²) < 4.78 is 29.6. The van der Waals surface area contributed by atoms with E-state index in [2.05, 4.69) is 15.5 Å². The molecule has 0 aliphatic carbocycles. The maximum Gasteiger partial charge on any atom is 0.335 e. The number of rotatable bonds is 8. The van der Waals surface area contributed by atoms with Gasteiger partial charge in [-0.1, -0.05) is 42.4 Å². The molecule has 2 aromatic rings. The summed E-state index contributed by atoms with van der Waals surface area (Å²) in [5.41, 5.74) is 0.652. The molecule has 0 aliphatic heterocycles. The first kappa shape index (κ1) is 17.1. The van der Waals surface area contributed by atoms with Gasteiger partial charge in [0.05, 0.1) is 5.75 Å². The molecular formula is C15H19N3O4S. The predicted octanol–water partition coefficient (Wildman–Crippen LogP) is 1.50. The summed E-state index contributed by atoms with van der Waals surface area (Å²) in [6.45, 7) is 2.25. The highest BCUT2D eigenvalue weighted by molar-refractivity contribution is 7.90. The van der Waals surface area contributed by atoms with Crippen molar-refractivity contribution in [3.63, 3.8) is 0 Å². The van der Waals surface area contributed by atoms with Gasteiger partial charge in [-0.3, -0.25) is 4.79 Å². The quantitative estimate of drug-likeness (QED) is 0.783. The monoisotopic (exact) mass is 337 g/mol. The fourth-order valence-corrected chi connectivity index (χ4v) is 3.09. The third-order valence-corrected chi connectivity index (χ3v) is 4.46. The molecule has 23 heavy (non-hydrogen) atoms. The highest BCUT2D eigenvalue weighted by Gasteiger charge is 2.22. The van der Waals surface area contributed by atoms with Gasteiger partial charge >= 0.3 is 5.22 Å². The van der Waals surface area contributed by atoms with E-state index in [1.54, 1.807) is 24.3 Å². The van der Waals surface area contributed by atoms with E-state index in [1.165, 1.54) is 0 Å². The lowest BCUT2D eigenvalue weighted by Gasteiger charge is -2.01. The van der Waals surface area contributed by atoms with Crippen molar-refractivity contribution in [2.75, 3.05) is 6.54 Å². The molecule has 0 radical (unpaired) electrons. The molecule has 0 atom stereocenters. The lowest BCUT2D eigenvalue weighted by molar-refractivity contribution is -0.121. The molecule has 1 heterocycles. The summed E-state index contributed by atoms with van der Waals surface area (Å²) in [5, 5.41) is 9.63. The summed E-state index contributed by atoms with van der Waals surface area (Å²) >= 11 is 0. The number of sulfone groups is 1. The molecule has 124 valence electrons. The molecule has 2 rings (SSSR count). The Bertz CT molecular complexity index is 741. The number of nitrogens with one attached hydrogen (secondary N) is 1. The Morgan fingerprint density at radius 1 is 1.22 bits per heavy atom. The van der Waals surface area contributed by atoms with Gasteiger partial charge in [0.25, 0.3) is 0 Å². The Morgan fingerprint density at radius 3 is 2.65 bits per heavy atom. The SMILES string of the molecule is CCCC(=O)NCCc1nnc(S(=O)(=O)Cc2ccccc2)o1. The number of hydrogen-bond donors (Lipinski definition) is 1. The smallest absolute Gasteiger partial charge is 0.335 e. The Labute approximate surface area is 135 Å². The number of benzene rings is 1. The fraction of sp³-hybridized carbons (Fsp3) is 0.400. The van der Waals surface area contributed by atoms with E-state index in [-0.39, 0.29) is 17.6 Å². The lowest BCUT2D eigenvalue weighted by Crippen LogP contribution is -2.25. The van der Waals surface area contributed by atoms with Crippen LogP contribution in [0.5, 0.6) is 0 Å². The second-order valence-electron chi connectivity index (χ2n) is 5.06. The van der Waals surface area contributed by atoms with Crippen molar-refractivity contribution in [3.8, 4) is 0 Å². The third kappa shape index (κ3) is 5.17. The van der Waals surface area contributed by atoms with E-state index in [9.17, 15) is 13.2 Å². The van der Waals surface area contributed by atoms with Crippen molar-refractivity contribution in [2.45, 2.75) is 37.2 Å². The highest BCUT2D eigenvalue weighted by atomic mass is 32.2. The fourth-order valence-electron chi connectivity index (χ4n) is 1.94. The molecule has 1 aromatic heterocycles. The molecule has 0 unspecified atom stereocenters. The van der Waals surface area contributed by atoms with E-state index < -0.39 is 15.1 Å². The van der Waals surface area contributed by atoms with Gasteiger partial charge in [-0.2, -0.15) is 0 Å². The maximum absolute atomic E-state index is 12.2. The Morgan fingerprint density at radius 2 is 1.96 bits per heavy atom. The van der Waals surface area contributed by atoms with Crippen LogP contribution < -0.4 is 5.32 Å². The molecule has 0 spiro atoms. The first-order valence-corrected chi connectivity index (χ1v) is 9.02. The van der Waals surface area contributed by atoms with Crippen LogP contribution in [0.2, 0.25) is 0 Å². The molecular weight excluding hydrogens is 318 g/mol. The molecule has 0 saturated carbocycles. The van der Waals surface area contributed by atoms with Gasteiger partial charge in [-0.05, 0) is 12.0 Å². The molecule has 0 fully saturated rings. The number of carbonyl (C=O) groups excluding carboxylic acids is 1. The van der Waals surface area contributed by atoms with E-state index in [4.69, 9.17) is 4.42 Å². The molecule has 1 aromatic carbocycles. The van der Waals surface area contributed by atoms with Gasteiger partial charge in [0, 0.05) is 19.4 Å². The first-order chi connectivity index (χ1) is 11.0. The van der Waals surface area contributed by atoms with Gasteiger partial charge in [0.2, 0.25) is 21.6 Å². The normalized spacial score (nSPS) is 11.3.